The fourth-order valence-corrected chi connectivity index (χ4v) is 1.67. The molecular formula is C12H8ClN3O. The minimum Gasteiger partial charge on any atom is -0.468 e. The van der Waals surface area contributed by atoms with E-state index in [9.17, 15) is 0 Å². The summed E-state index contributed by atoms with van der Waals surface area (Å²) < 4.78 is 5.51. The van der Waals surface area contributed by atoms with Gasteiger partial charge in [0.05, 0.1) is 6.54 Å². The first-order valence-corrected chi connectivity index (χ1v) is 5.33. The SMILES string of the molecule is N#CC(C#N)=C1NCC(c2ccc(Cl)cc2)O1. The molecule has 0 bridgehead atoms. The molecule has 1 aliphatic heterocycles. The Bertz CT molecular complexity index is 520. The molecule has 17 heavy (non-hydrogen) atoms. The molecule has 1 fully saturated rings. The highest BCUT2D eigenvalue weighted by atomic mass is 35.5. The van der Waals surface area contributed by atoms with E-state index in [-0.39, 0.29) is 17.6 Å². The van der Waals surface area contributed by atoms with E-state index < -0.39 is 0 Å². The number of ether oxygens (including phenoxy) is 1. The Balaban J connectivity index is 2.19. The summed E-state index contributed by atoms with van der Waals surface area (Å²) in [7, 11) is 0. The van der Waals surface area contributed by atoms with Crippen molar-refractivity contribution in [3.63, 3.8) is 0 Å². The fourth-order valence-electron chi connectivity index (χ4n) is 1.55. The van der Waals surface area contributed by atoms with Crippen LogP contribution in [0.1, 0.15) is 11.7 Å². The number of rotatable bonds is 1. The van der Waals surface area contributed by atoms with Crippen molar-refractivity contribution >= 4 is 11.6 Å². The van der Waals surface area contributed by atoms with Gasteiger partial charge in [-0.05, 0) is 17.7 Å². The van der Waals surface area contributed by atoms with Gasteiger partial charge in [-0.3, -0.25) is 0 Å². The lowest BCUT2D eigenvalue weighted by atomic mass is 10.1. The summed E-state index contributed by atoms with van der Waals surface area (Å²) in [5, 5.41) is 21.0. The number of hydrogen-bond donors (Lipinski definition) is 1. The van der Waals surface area contributed by atoms with Crippen molar-refractivity contribution in [1.29, 1.82) is 10.5 Å². The average Bonchev–Trinajstić information content (AvgIpc) is 2.81. The largest absolute Gasteiger partial charge is 0.468 e. The lowest BCUT2D eigenvalue weighted by Gasteiger charge is -2.08. The van der Waals surface area contributed by atoms with Gasteiger partial charge in [-0.1, -0.05) is 23.7 Å². The molecule has 0 aromatic heterocycles. The summed E-state index contributed by atoms with van der Waals surface area (Å²) in [5.41, 5.74) is 0.911. The van der Waals surface area contributed by atoms with Gasteiger partial charge in [-0.25, -0.2) is 0 Å². The quantitative estimate of drug-likeness (QED) is 0.771. The third kappa shape index (κ3) is 2.33. The smallest absolute Gasteiger partial charge is 0.217 e. The molecule has 0 aliphatic carbocycles. The van der Waals surface area contributed by atoms with Crippen LogP contribution in [0.2, 0.25) is 5.02 Å². The zero-order valence-corrected chi connectivity index (χ0v) is 9.53. The Kier molecular flexibility index (Phi) is 3.18. The molecule has 1 atom stereocenters. The van der Waals surface area contributed by atoms with Crippen LogP contribution in [0, 0.1) is 22.7 Å². The van der Waals surface area contributed by atoms with Crippen LogP contribution in [0.3, 0.4) is 0 Å². The monoisotopic (exact) mass is 245 g/mol. The van der Waals surface area contributed by atoms with E-state index in [1.54, 1.807) is 24.3 Å². The highest BCUT2D eigenvalue weighted by molar-refractivity contribution is 6.30. The Labute approximate surface area is 104 Å². The second-order valence-electron chi connectivity index (χ2n) is 3.47. The third-order valence-corrected chi connectivity index (χ3v) is 2.65. The van der Waals surface area contributed by atoms with Gasteiger partial charge in [-0.15, -0.1) is 0 Å². The van der Waals surface area contributed by atoms with Gasteiger partial charge in [0.2, 0.25) is 5.88 Å². The number of hydrogen-bond acceptors (Lipinski definition) is 4. The summed E-state index contributed by atoms with van der Waals surface area (Å²) in [4.78, 5) is 0. The van der Waals surface area contributed by atoms with Gasteiger partial charge < -0.3 is 10.1 Å². The van der Waals surface area contributed by atoms with Gasteiger partial charge in [0.25, 0.3) is 0 Å². The molecule has 1 unspecified atom stereocenters. The predicted molar refractivity (Wildman–Crippen MR) is 61.5 cm³/mol. The predicted octanol–water partition coefficient (Wildman–Crippen LogP) is 2.26. The zero-order valence-electron chi connectivity index (χ0n) is 8.77. The normalized spacial score (nSPS) is 17.6. The van der Waals surface area contributed by atoms with Crippen LogP contribution in [0.15, 0.2) is 35.7 Å². The van der Waals surface area contributed by atoms with Crippen molar-refractivity contribution in [1.82, 2.24) is 5.32 Å². The molecule has 1 saturated heterocycles. The summed E-state index contributed by atoms with van der Waals surface area (Å²) in [6, 6.07) is 10.8. The summed E-state index contributed by atoms with van der Waals surface area (Å²) in [6.07, 6.45) is -0.195. The van der Waals surface area contributed by atoms with Crippen LogP contribution in [0.4, 0.5) is 0 Å². The van der Waals surface area contributed by atoms with Crippen LogP contribution in [0.5, 0.6) is 0 Å². The van der Waals surface area contributed by atoms with Crippen LogP contribution < -0.4 is 5.32 Å². The van der Waals surface area contributed by atoms with Crippen molar-refractivity contribution in [3.8, 4) is 12.1 Å². The first-order valence-electron chi connectivity index (χ1n) is 4.95. The fraction of sp³-hybridized carbons (Fsp3) is 0.167. The topological polar surface area (TPSA) is 68.8 Å². The van der Waals surface area contributed by atoms with Gasteiger partial charge >= 0.3 is 0 Å². The van der Waals surface area contributed by atoms with Crippen LogP contribution in [-0.2, 0) is 4.74 Å². The summed E-state index contributed by atoms with van der Waals surface area (Å²) in [6.45, 7) is 0.532. The molecule has 1 aromatic carbocycles. The van der Waals surface area contributed by atoms with Gasteiger partial charge in [0.15, 0.2) is 5.57 Å². The maximum atomic E-state index is 8.71. The maximum Gasteiger partial charge on any atom is 0.217 e. The maximum absolute atomic E-state index is 8.71. The van der Waals surface area contributed by atoms with E-state index in [0.717, 1.165) is 5.56 Å². The van der Waals surface area contributed by atoms with Crippen molar-refractivity contribution in [2.75, 3.05) is 6.54 Å². The highest BCUT2D eigenvalue weighted by Gasteiger charge is 2.24. The molecule has 84 valence electrons. The molecule has 0 spiro atoms. The standard InChI is InChI=1S/C12H8ClN3O/c13-10-3-1-8(2-4-10)11-7-16-12(17-11)9(5-14)6-15/h1-4,11,16H,7H2. The van der Waals surface area contributed by atoms with Crippen molar-refractivity contribution in [2.24, 2.45) is 0 Å². The Morgan fingerprint density at radius 3 is 2.53 bits per heavy atom. The molecule has 0 amide bonds. The minimum atomic E-state index is -0.195. The van der Waals surface area contributed by atoms with Crippen LogP contribution >= 0.6 is 11.6 Å². The second kappa shape index (κ2) is 4.78. The number of nitrogens with one attached hydrogen (secondary N) is 1. The van der Waals surface area contributed by atoms with Crippen LogP contribution in [-0.4, -0.2) is 6.54 Å². The number of halogens is 1. The van der Waals surface area contributed by atoms with Gasteiger partial charge in [0.1, 0.15) is 18.2 Å². The summed E-state index contributed by atoms with van der Waals surface area (Å²) in [5.74, 6) is 0.245. The third-order valence-electron chi connectivity index (χ3n) is 2.40. The molecule has 1 aliphatic rings. The molecule has 1 heterocycles. The molecule has 1 N–H and O–H groups in total. The number of allylic oxidation sites excluding steroid dienone is 1. The zero-order chi connectivity index (χ0) is 12.3. The number of nitriles is 2. The molecule has 5 heteroatoms. The van der Waals surface area contributed by atoms with Crippen molar-refractivity contribution < 1.29 is 4.74 Å². The van der Waals surface area contributed by atoms with E-state index in [2.05, 4.69) is 5.32 Å². The first kappa shape index (κ1) is 11.3. The molecule has 0 radical (unpaired) electrons. The first-order chi connectivity index (χ1) is 8.24. The molecular weight excluding hydrogens is 238 g/mol. The van der Waals surface area contributed by atoms with E-state index in [0.29, 0.717) is 11.6 Å². The Morgan fingerprint density at radius 1 is 1.29 bits per heavy atom. The van der Waals surface area contributed by atoms with Crippen molar-refractivity contribution in [2.45, 2.75) is 6.10 Å². The lowest BCUT2D eigenvalue weighted by molar-refractivity contribution is 0.169. The summed E-state index contributed by atoms with van der Waals surface area (Å²) >= 11 is 5.79. The highest BCUT2D eigenvalue weighted by Crippen LogP contribution is 2.26. The van der Waals surface area contributed by atoms with Gasteiger partial charge in [-0.2, -0.15) is 10.5 Å². The van der Waals surface area contributed by atoms with E-state index in [4.69, 9.17) is 26.9 Å². The average molecular weight is 246 g/mol. The molecule has 0 saturated carbocycles. The van der Waals surface area contributed by atoms with E-state index in [1.807, 2.05) is 12.1 Å². The van der Waals surface area contributed by atoms with Gasteiger partial charge in [0, 0.05) is 5.02 Å². The minimum absolute atomic E-state index is 0.0403. The van der Waals surface area contributed by atoms with Crippen molar-refractivity contribution in [3.05, 3.63) is 46.3 Å². The second-order valence-corrected chi connectivity index (χ2v) is 3.90. The Morgan fingerprint density at radius 2 is 1.94 bits per heavy atom. The Hall–Kier alpha value is -2.17. The number of benzene rings is 1. The van der Waals surface area contributed by atoms with E-state index >= 15 is 0 Å². The molecule has 4 nitrogen and oxygen atoms in total. The van der Waals surface area contributed by atoms with E-state index in [1.165, 1.54) is 0 Å². The molecule has 2 rings (SSSR count). The lowest BCUT2D eigenvalue weighted by Crippen LogP contribution is -2.08. The number of nitrogens with zero attached hydrogens (tertiary/aromatic N) is 2. The van der Waals surface area contributed by atoms with Crippen LogP contribution in [0.25, 0.3) is 0 Å². The molecule has 1 aromatic rings.